The topological polar surface area (TPSA) is 29.5 Å². The van der Waals surface area contributed by atoms with Gasteiger partial charge in [0.1, 0.15) is 5.60 Å². The Morgan fingerprint density at radius 1 is 1.29 bits per heavy atom. The summed E-state index contributed by atoms with van der Waals surface area (Å²) in [4.78, 5) is 0. The van der Waals surface area contributed by atoms with E-state index in [-0.39, 0.29) is 6.61 Å². The summed E-state index contributed by atoms with van der Waals surface area (Å²) in [5.41, 5.74) is -0.447. The summed E-state index contributed by atoms with van der Waals surface area (Å²) in [5, 5.41) is 8.77. The van der Waals surface area contributed by atoms with Crippen LogP contribution in [0.4, 0.5) is 0 Å². The monoisotopic (exact) mass is 198 g/mol. The first-order valence-electron chi connectivity index (χ1n) is 5.26. The van der Waals surface area contributed by atoms with Crippen molar-refractivity contribution in [2.75, 3.05) is 13.2 Å². The van der Waals surface area contributed by atoms with Crippen LogP contribution in [-0.4, -0.2) is 23.9 Å². The summed E-state index contributed by atoms with van der Waals surface area (Å²) in [5.74, 6) is 0. The number of aliphatic hydroxyl groups excluding tert-OH is 1. The largest absolute Gasteiger partial charge is 0.396 e. The van der Waals surface area contributed by atoms with E-state index in [2.05, 4.69) is 20.1 Å². The summed E-state index contributed by atoms with van der Waals surface area (Å²) in [6, 6.07) is 0. The predicted octanol–water partition coefficient (Wildman–Crippen LogP) is 2.69. The number of unbranched alkanes of at least 4 members (excludes halogenated alkanes) is 1. The van der Waals surface area contributed by atoms with Gasteiger partial charge in [-0.3, -0.25) is 0 Å². The highest BCUT2D eigenvalue weighted by Crippen LogP contribution is 2.21. The van der Waals surface area contributed by atoms with Crippen molar-refractivity contribution in [2.45, 2.75) is 38.2 Å². The summed E-state index contributed by atoms with van der Waals surface area (Å²) in [7, 11) is 0. The lowest BCUT2D eigenvalue weighted by atomic mass is 9.98. The number of hydrogen-bond acceptors (Lipinski definition) is 2. The Balaban J connectivity index is 4.07. The van der Waals surface area contributed by atoms with Crippen molar-refractivity contribution in [1.82, 2.24) is 0 Å². The van der Waals surface area contributed by atoms with Gasteiger partial charge in [0.25, 0.3) is 0 Å². The Labute approximate surface area is 87.3 Å². The van der Waals surface area contributed by atoms with Gasteiger partial charge in [0, 0.05) is 13.2 Å². The molecule has 0 amide bonds. The normalized spacial score (nSPS) is 11.3. The van der Waals surface area contributed by atoms with E-state index in [0.29, 0.717) is 6.42 Å². The van der Waals surface area contributed by atoms with Crippen molar-refractivity contribution in [3.8, 4) is 0 Å². The van der Waals surface area contributed by atoms with E-state index >= 15 is 0 Å². The summed E-state index contributed by atoms with van der Waals surface area (Å²) in [6.07, 6.45) is 7.16. The Morgan fingerprint density at radius 3 is 2.36 bits per heavy atom. The van der Waals surface area contributed by atoms with Gasteiger partial charge in [-0.1, -0.05) is 38.7 Å². The minimum Gasteiger partial charge on any atom is -0.396 e. The van der Waals surface area contributed by atoms with Gasteiger partial charge in [-0.25, -0.2) is 0 Å². The summed E-state index contributed by atoms with van der Waals surface area (Å²) >= 11 is 0. The van der Waals surface area contributed by atoms with Gasteiger partial charge in [0.05, 0.1) is 0 Å². The smallest absolute Gasteiger partial charge is 0.104 e. The Kier molecular flexibility index (Phi) is 7.44. The number of rotatable bonds is 9. The summed E-state index contributed by atoms with van der Waals surface area (Å²) < 4.78 is 5.72. The fraction of sp³-hybridized carbons (Fsp3) is 0.667. The molecule has 1 N–H and O–H groups in total. The zero-order valence-corrected chi connectivity index (χ0v) is 9.17. The first-order chi connectivity index (χ1) is 6.74. The van der Waals surface area contributed by atoms with Crippen molar-refractivity contribution in [3.63, 3.8) is 0 Å². The summed E-state index contributed by atoms with van der Waals surface area (Å²) in [6.45, 7) is 10.5. The van der Waals surface area contributed by atoms with E-state index < -0.39 is 5.60 Å². The van der Waals surface area contributed by atoms with Crippen LogP contribution >= 0.6 is 0 Å². The van der Waals surface area contributed by atoms with Gasteiger partial charge >= 0.3 is 0 Å². The van der Waals surface area contributed by atoms with Crippen molar-refractivity contribution < 1.29 is 9.84 Å². The molecule has 0 unspecified atom stereocenters. The average Bonchev–Trinajstić information content (AvgIpc) is 2.24. The standard InChI is InChI=1S/C12H22O2/c1-4-7-11-14-12(5-2,6-3)9-8-10-13/h5-6,13H,2-4,7-11H2,1H3. The first kappa shape index (κ1) is 13.4. The van der Waals surface area contributed by atoms with E-state index in [1.165, 1.54) is 0 Å². The molecule has 0 aromatic carbocycles. The molecule has 0 aliphatic carbocycles. The fourth-order valence-corrected chi connectivity index (χ4v) is 1.24. The molecule has 2 nitrogen and oxygen atoms in total. The fourth-order valence-electron chi connectivity index (χ4n) is 1.24. The molecule has 0 aliphatic rings. The SMILES string of the molecule is C=CC(C=C)(CCCO)OCCCC. The van der Waals surface area contributed by atoms with Crippen LogP contribution in [0.5, 0.6) is 0 Å². The molecule has 0 bridgehead atoms. The average molecular weight is 198 g/mol. The zero-order chi connectivity index (χ0) is 10.9. The van der Waals surface area contributed by atoms with Crippen LogP contribution in [0.25, 0.3) is 0 Å². The zero-order valence-electron chi connectivity index (χ0n) is 9.17. The number of aliphatic hydroxyl groups is 1. The highest BCUT2D eigenvalue weighted by molar-refractivity contribution is 5.09. The Bertz CT molecular complexity index is 156. The molecule has 0 saturated carbocycles. The van der Waals surface area contributed by atoms with Crippen molar-refractivity contribution in [2.24, 2.45) is 0 Å². The predicted molar refractivity (Wildman–Crippen MR) is 60.3 cm³/mol. The maximum atomic E-state index is 8.77. The third kappa shape index (κ3) is 4.58. The van der Waals surface area contributed by atoms with E-state index in [9.17, 15) is 0 Å². The van der Waals surface area contributed by atoms with Gasteiger partial charge in [-0.15, -0.1) is 0 Å². The Morgan fingerprint density at radius 2 is 1.93 bits per heavy atom. The molecule has 14 heavy (non-hydrogen) atoms. The van der Waals surface area contributed by atoms with Crippen LogP contribution in [0, 0.1) is 0 Å². The number of ether oxygens (including phenoxy) is 1. The molecule has 0 aliphatic heterocycles. The molecule has 0 radical (unpaired) electrons. The van der Waals surface area contributed by atoms with Crippen LogP contribution in [0.15, 0.2) is 25.3 Å². The van der Waals surface area contributed by atoms with Crippen molar-refractivity contribution >= 4 is 0 Å². The number of hydrogen-bond donors (Lipinski definition) is 1. The van der Waals surface area contributed by atoms with Crippen molar-refractivity contribution in [3.05, 3.63) is 25.3 Å². The van der Waals surface area contributed by atoms with Crippen LogP contribution < -0.4 is 0 Å². The van der Waals surface area contributed by atoms with Crippen LogP contribution in [0.1, 0.15) is 32.6 Å². The van der Waals surface area contributed by atoms with Gasteiger partial charge in [0.15, 0.2) is 0 Å². The molecule has 0 rings (SSSR count). The molecule has 0 spiro atoms. The second kappa shape index (κ2) is 7.77. The molecule has 0 atom stereocenters. The van der Waals surface area contributed by atoms with Crippen LogP contribution in [0.2, 0.25) is 0 Å². The molecular formula is C12H22O2. The highest BCUT2D eigenvalue weighted by atomic mass is 16.5. The first-order valence-corrected chi connectivity index (χ1v) is 5.26. The lowest BCUT2D eigenvalue weighted by molar-refractivity contribution is 0.0161. The molecule has 0 saturated heterocycles. The van der Waals surface area contributed by atoms with Gasteiger partial charge in [-0.2, -0.15) is 0 Å². The third-order valence-electron chi connectivity index (χ3n) is 2.29. The van der Waals surface area contributed by atoms with Gasteiger partial charge < -0.3 is 9.84 Å². The third-order valence-corrected chi connectivity index (χ3v) is 2.29. The molecule has 0 fully saturated rings. The lowest BCUT2D eigenvalue weighted by Crippen LogP contribution is -2.28. The molecule has 82 valence electrons. The van der Waals surface area contributed by atoms with Gasteiger partial charge in [-0.05, 0) is 19.3 Å². The maximum Gasteiger partial charge on any atom is 0.104 e. The molecule has 0 aromatic heterocycles. The Hall–Kier alpha value is -0.600. The molecule has 0 heterocycles. The minimum absolute atomic E-state index is 0.181. The van der Waals surface area contributed by atoms with Crippen LogP contribution in [0.3, 0.4) is 0 Å². The lowest BCUT2D eigenvalue weighted by Gasteiger charge is -2.27. The van der Waals surface area contributed by atoms with E-state index in [1.54, 1.807) is 12.2 Å². The van der Waals surface area contributed by atoms with Crippen molar-refractivity contribution in [1.29, 1.82) is 0 Å². The molecular weight excluding hydrogens is 176 g/mol. The van der Waals surface area contributed by atoms with Crippen LogP contribution in [-0.2, 0) is 4.74 Å². The maximum absolute atomic E-state index is 8.77. The second-order valence-corrected chi connectivity index (χ2v) is 3.39. The van der Waals surface area contributed by atoms with E-state index in [4.69, 9.17) is 9.84 Å². The van der Waals surface area contributed by atoms with E-state index in [0.717, 1.165) is 25.9 Å². The molecule has 0 aromatic rings. The highest BCUT2D eigenvalue weighted by Gasteiger charge is 2.22. The quantitative estimate of drug-likeness (QED) is 0.456. The second-order valence-electron chi connectivity index (χ2n) is 3.39. The van der Waals surface area contributed by atoms with E-state index in [1.807, 2.05) is 0 Å². The molecule has 2 heteroatoms. The minimum atomic E-state index is -0.447. The van der Waals surface area contributed by atoms with Gasteiger partial charge in [0.2, 0.25) is 0 Å².